The van der Waals surface area contributed by atoms with E-state index in [0.29, 0.717) is 19.4 Å². The fourth-order valence-corrected chi connectivity index (χ4v) is 3.43. The van der Waals surface area contributed by atoms with E-state index in [1.165, 1.54) is 22.3 Å². The second-order valence-electron chi connectivity index (χ2n) is 9.16. The van der Waals surface area contributed by atoms with Gasteiger partial charge in [0.1, 0.15) is 11.7 Å². The molecule has 0 heterocycles. The van der Waals surface area contributed by atoms with Crippen molar-refractivity contribution in [2.24, 2.45) is 5.92 Å². The van der Waals surface area contributed by atoms with E-state index >= 15 is 0 Å². The van der Waals surface area contributed by atoms with E-state index in [9.17, 15) is 9.59 Å². The van der Waals surface area contributed by atoms with E-state index in [1.807, 2.05) is 6.08 Å². The lowest BCUT2D eigenvalue weighted by Crippen LogP contribution is -2.25. The van der Waals surface area contributed by atoms with Gasteiger partial charge in [-0.1, -0.05) is 59.9 Å². The highest BCUT2D eigenvalue weighted by Crippen LogP contribution is 2.17. The third-order valence-electron chi connectivity index (χ3n) is 5.59. The highest BCUT2D eigenvalue weighted by molar-refractivity contribution is 5.99. The zero-order valence-corrected chi connectivity index (χ0v) is 21.9. The average Bonchev–Trinajstić information content (AvgIpc) is 2.72. The number of esters is 1. The van der Waals surface area contributed by atoms with Crippen molar-refractivity contribution in [3.63, 3.8) is 0 Å². The van der Waals surface area contributed by atoms with Crippen LogP contribution in [0.1, 0.15) is 113 Å². The quantitative estimate of drug-likeness (QED) is 0.128. The van der Waals surface area contributed by atoms with Crippen LogP contribution in [-0.2, 0) is 14.3 Å². The molecule has 0 spiro atoms. The summed E-state index contributed by atoms with van der Waals surface area (Å²) in [6.45, 7) is 15.0. The number of carbonyl (C=O) groups excluding carboxylic acids is 2. The summed E-state index contributed by atoms with van der Waals surface area (Å²) in [7, 11) is 0. The zero-order valence-electron chi connectivity index (χ0n) is 21.9. The summed E-state index contributed by atoms with van der Waals surface area (Å²) in [5.41, 5.74) is 5.51. The van der Waals surface area contributed by atoms with E-state index in [0.717, 1.165) is 51.4 Å². The lowest BCUT2D eigenvalue weighted by Gasteiger charge is -2.13. The Morgan fingerprint density at radius 2 is 1.22 bits per heavy atom. The van der Waals surface area contributed by atoms with Gasteiger partial charge in [-0.2, -0.15) is 0 Å². The van der Waals surface area contributed by atoms with Crippen molar-refractivity contribution in [2.45, 2.75) is 113 Å². The van der Waals surface area contributed by atoms with Gasteiger partial charge in [0.05, 0.1) is 6.61 Å². The molecule has 3 heteroatoms. The molecule has 3 nitrogen and oxygen atoms in total. The van der Waals surface area contributed by atoms with Gasteiger partial charge in [-0.15, -0.1) is 0 Å². The Morgan fingerprint density at radius 1 is 0.719 bits per heavy atom. The molecule has 0 radical (unpaired) electrons. The maximum absolute atomic E-state index is 12.4. The van der Waals surface area contributed by atoms with Gasteiger partial charge in [0.2, 0.25) is 0 Å². The predicted molar refractivity (Wildman–Crippen MR) is 138 cm³/mol. The molecular formula is C29H48O3. The molecule has 1 atom stereocenters. The van der Waals surface area contributed by atoms with E-state index < -0.39 is 5.92 Å². The topological polar surface area (TPSA) is 43.4 Å². The summed E-state index contributed by atoms with van der Waals surface area (Å²) in [5, 5.41) is 0. The van der Waals surface area contributed by atoms with Gasteiger partial charge in [0.25, 0.3) is 0 Å². The molecule has 0 saturated carbocycles. The molecule has 0 aromatic carbocycles. The minimum atomic E-state index is -0.652. The molecule has 0 aromatic rings. The van der Waals surface area contributed by atoms with Crippen molar-refractivity contribution in [1.82, 2.24) is 0 Å². The van der Waals surface area contributed by atoms with Crippen LogP contribution < -0.4 is 0 Å². The summed E-state index contributed by atoms with van der Waals surface area (Å²) >= 11 is 0. The fourth-order valence-electron chi connectivity index (χ4n) is 3.43. The standard InChI is InChI=1S/C29H48O3/c1-8-10-20-28(30)27(29(31)32-9-2)22-21-26(7)19-13-18-25(6)17-12-16-24(5)15-11-14-23(3)4/h14,16,18,21,27H,8-13,15,17,19-20,22H2,1-7H3/b24-16+,25-18+,26-21+. The molecule has 0 aliphatic heterocycles. The van der Waals surface area contributed by atoms with Crippen molar-refractivity contribution in [1.29, 1.82) is 0 Å². The van der Waals surface area contributed by atoms with Crippen LogP contribution in [0.15, 0.2) is 46.6 Å². The molecule has 182 valence electrons. The number of carbonyl (C=O) groups is 2. The van der Waals surface area contributed by atoms with Crippen LogP contribution in [-0.4, -0.2) is 18.4 Å². The van der Waals surface area contributed by atoms with E-state index in [-0.39, 0.29) is 11.8 Å². The Kier molecular flexibility index (Phi) is 17.5. The number of ketones is 1. The highest BCUT2D eigenvalue weighted by Gasteiger charge is 2.26. The second kappa shape index (κ2) is 18.7. The molecular weight excluding hydrogens is 396 g/mol. The van der Waals surface area contributed by atoms with E-state index in [4.69, 9.17) is 4.74 Å². The normalized spacial score (nSPS) is 13.7. The SMILES string of the molecule is CCCCC(=O)C(C/C=C(\C)CC/C=C(\C)CC/C=C(\C)CCC=C(C)C)C(=O)OCC. The Balaban J connectivity index is 4.53. The molecule has 0 N–H and O–H groups in total. The van der Waals surface area contributed by atoms with E-state index in [2.05, 4.69) is 59.8 Å². The molecule has 0 saturated heterocycles. The molecule has 0 aliphatic rings. The molecule has 0 amide bonds. The second-order valence-corrected chi connectivity index (χ2v) is 9.16. The predicted octanol–water partition coefficient (Wildman–Crippen LogP) is 8.46. The molecule has 0 aromatic heterocycles. The minimum Gasteiger partial charge on any atom is -0.465 e. The zero-order chi connectivity index (χ0) is 24.4. The van der Waals surface area contributed by atoms with Crippen LogP contribution in [0.2, 0.25) is 0 Å². The molecule has 0 bridgehead atoms. The highest BCUT2D eigenvalue weighted by atomic mass is 16.5. The van der Waals surface area contributed by atoms with Crippen LogP contribution >= 0.6 is 0 Å². The summed E-state index contributed by atoms with van der Waals surface area (Å²) in [6, 6.07) is 0. The molecule has 1 unspecified atom stereocenters. The molecule has 0 aliphatic carbocycles. The smallest absolute Gasteiger partial charge is 0.316 e. The van der Waals surface area contributed by atoms with Crippen molar-refractivity contribution in [3.8, 4) is 0 Å². The van der Waals surface area contributed by atoms with Crippen molar-refractivity contribution in [3.05, 3.63) is 46.6 Å². The van der Waals surface area contributed by atoms with Crippen LogP contribution in [0.25, 0.3) is 0 Å². The Bertz CT molecular complexity index is 673. The monoisotopic (exact) mass is 444 g/mol. The van der Waals surface area contributed by atoms with Gasteiger partial charge in [-0.25, -0.2) is 0 Å². The van der Waals surface area contributed by atoms with Gasteiger partial charge >= 0.3 is 5.97 Å². The molecule has 32 heavy (non-hydrogen) atoms. The number of ether oxygens (including phenoxy) is 1. The number of allylic oxidation sites excluding steroid dienone is 8. The first-order chi connectivity index (χ1) is 15.2. The maximum Gasteiger partial charge on any atom is 0.316 e. The van der Waals surface area contributed by atoms with Crippen molar-refractivity contribution in [2.75, 3.05) is 6.61 Å². The molecule has 0 fully saturated rings. The lowest BCUT2D eigenvalue weighted by molar-refractivity contribution is -0.151. The minimum absolute atomic E-state index is 0.00860. The van der Waals surface area contributed by atoms with Gasteiger partial charge in [0, 0.05) is 6.42 Å². The molecule has 0 rings (SSSR count). The van der Waals surface area contributed by atoms with E-state index in [1.54, 1.807) is 6.92 Å². The number of Topliss-reactive ketones (excluding diaryl/α,β-unsaturated/α-hetero) is 1. The maximum atomic E-state index is 12.4. The summed E-state index contributed by atoms with van der Waals surface area (Å²) in [6.07, 6.45) is 18.1. The van der Waals surface area contributed by atoms with Crippen LogP contribution in [0.3, 0.4) is 0 Å². The van der Waals surface area contributed by atoms with Crippen LogP contribution in [0, 0.1) is 5.92 Å². The first-order valence-corrected chi connectivity index (χ1v) is 12.5. The first-order valence-electron chi connectivity index (χ1n) is 12.5. The largest absolute Gasteiger partial charge is 0.465 e. The van der Waals surface area contributed by atoms with Crippen molar-refractivity contribution >= 4 is 11.8 Å². The third kappa shape index (κ3) is 15.8. The average molecular weight is 445 g/mol. The Hall–Kier alpha value is -1.90. The summed E-state index contributed by atoms with van der Waals surface area (Å²) in [5.74, 6) is -1.02. The van der Waals surface area contributed by atoms with Crippen molar-refractivity contribution < 1.29 is 14.3 Å². The Labute approximate surface area is 198 Å². The summed E-state index contributed by atoms with van der Waals surface area (Å²) in [4.78, 5) is 24.6. The number of unbranched alkanes of at least 4 members (excludes halogenated alkanes) is 1. The van der Waals surface area contributed by atoms with Gasteiger partial charge in [0.15, 0.2) is 0 Å². The Morgan fingerprint density at radius 3 is 1.69 bits per heavy atom. The van der Waals surface area contributed by atoms with Crippen LogP contribution in [0.4, 0.5) is 0 Å². The number of hydrogen-bond acceptors (Lipinski definition) is 3. The fraction of sp³-hybridized carbons (Fsp3) is 0.655. The van der Waals surface area contributed by atoms with Crippen LogP contribution in [0.5, 0.6) is 0 Å². The first kappa shape index (κ1) is 30.1. The third-order valence-corrected chi connectivity index (χ3v) is 5.59. The van der Waals surface area contributed by atoms with Gasteiger partial charge in [-0.05, 0) is 92.9 Å². The number of hydrogen-bond donors (Lipinski definition) is 0. The summed E-state index contributed by atoms with van der Waals surface area (Å²) < 4.78 is 5.13. The van der Waals surface area contributed by atoms with Gasteiger partial charge in [-0.3, -0.25) is 9.59 Å². The van der Waals surface area contributed by atoms with Gasteiger partial charge < -0.3 is 4.74 Å². The lowest BCUT2D eigenvalue weighted by atomic mass is 9.94. The number of rotatable bonds is 17.